The molecule has 134 valence electrons. The molecule has 0 atom stereocenters. The van der Waals surface area contributed by atoms with Gasteiger partial charge in [0.2, 0.25) is 0 Å². The number of nitrogens with zero attached hydrogens (tertiary/aromatic N) is 2. The third-order valence-corrected chi connectivity index (χ3v) is 4.07. The van der Waals surface area contributed by atoms with E-state index in [4.69, 9.17) is 0 Å². The summed E-state index contributed by atoms with van der Waals surface area (Å²) in [6.45, 7) is -2.87. The van der Waals surface area contributed by atoms with Crippen LogP contribution in [0, 0.1) is 0 Å². The predicted octanol–water partition coefficient (Wildman–Crippen LogP) is 4.17. The first-order valence-electron chi connectivity index (χ1n) is 7.64. The lowest BCUT2D eigenvalue weighted by atomic mass is 10.1. The fraction of sp³-hybridized carbons (Fsp3) is 0.111. The number of ether oxygens (including phenoxy) is 1. The maximum absolute atomic E-state index is 12.5. The van der Waals surface area contributed by atoms with E-state index in [0.717, 1.165) is 5.69 Å². The van der Waals surface area contributed by atoms with Gasteiger partial charge < -0.3 is 10.1 Å². The third kappa shape index (κ3) is 4.45. The highest BCUT2D eigenvalue weighted by molar-refractivity contribution is 9.10. The average molecular weight is 422 g/mol. The van der Waals surface area contributed by atoms with Crippen molar-refractivity contribution in [3.8, 4) is 11.4 Å². The first-order valence-corrected chi connectivity index (χ1v) is 8.44. The van der Waals surface area contributed by atoms with Crippen LogP contribution in [-0.2, 0) is 6.54 Å². The number of alkyl halides is 2. The van der Waals surface area contributed by atoms with Gasteiger partial charge in [-0.3, -0.25) is 4.79 Å². The largest absolute Gasteiger partial charge is 0.434 e. The van der Waals surface area contributed by atoms with Crippen LogP contribution in [0.25, 0.3) is 5.69 Å². The fourth-order valence-corrected chi connectivity index (χ4v) is 2.77. The molecule has 26 heavy (non-hydrogen) atoms. The normalized spacial score (nSPS) is 10.8. The van der Waals surface area contributed by atoms with E-state index in [-0.39, 0.29) is 18.2 Å². The maximum atomic E-state index is 12.5. The highest BCUT2D eigenvalue weighted by Gasteiger charge is 2.12. The highest BCUT2D eigenvalue weighted by Crippen LogP contribution is 2.24. The molecule has 0 fully saturated rings. The van der Waals surface area contributed by atoms with Gasteiger partial charge in [-0.15, -0.1) is 0 Å². The molecule has 0 unspecified atom stereocenters. The minimum Gasteiger partial charge on any atom is -0.434 e. The molecule has 1 aromatic heterocycles. The Labute approximate surface area is 156 Å². The lowest BCUT2D eigenvalue weighted by molar-refractivity contribution is -0.0504. The van der Waals surface area contributed by atoms with Crippen molar-refractivity contribution in [3.05, 3.63) is 76.5 Å². The number of carbonyl (C=O) groups is 1. The molecular weight excluding hydrogens is 408 g/mol. The number of amides is 1. The summed E-state index contributed by atoms with van der Waals surface area (Å²) in [6, 6.07) is 13.3. The topological polar surface area (TPSA) is 56.1 Å². The molecule has 0 aliphatic carbocycles. The molecule has 8 heteroatoms. The van der Waals surface area contributed by atoms with Crippen LogP contribution in [0.1, 0.15) is 15.9 Å². The molecule has 2 aromatic carbocycles. The standard InChI is InChI=1S/C18H14BrF2N3O2/c19-14-4-7-16(26-18(20)21)13(10-14)11-22-17(25)12-2-5-15(6-3-12)24-9-1-8-23-24/h1-10,18H,11H2,(H,22,25). The number of nitrogens with one attached hydrogen (secondary N) is 1. The van der Waals surface area contributed by atoms with Gasteiger partial charge in [0.15, 0.2) is 0 Å². The van der Waals surface area contributed by atoms with Crippen LogP contribution in [0.2, 0.25) is 0 Å². The van der Waals surface area contributed by atoms with Crippen LogP contribution in [0.4, 0.5) is 8.78 Å². The predicted molar refractivity (Wildman–Crippen MR) is 95.5 cm³/mol. The zero-order chi connectivity index (χ0) is 18.5. The van der Waals surface area contributed by atoms with Crippen LogP contribution < -0.4 is 10.1 Å². The SMILES string of the molecule is O=C(NCc1cc(Br)ccc1OC(F)F)c1ccc(-n2cccn2)cc1. The molecule has 0 aliphatic rings. The number of halogens is 3. The smallest absolute Gasteiger partial charge is 0.387 e. The monoisotopic (exact) mass is 421 g/mol. The van der Waals surface area contributed by atoms with Gasteiger partial charge in [-0.25, -0.2) is 4.68 Å². The Morgan fingerprint density at radius 2 is 2.00 bits per heavy atom. The summed E-state index contributed by atoms with van der Waals surface area (Å²) in [5, 5.41) is 6.82. The summed E-state index contributed by atoms with van der Waals surface area (Å²) in [7, 11) is 0. The molecule has 1 heterocycles. The number of rotatable bonds is 6. The zero-order valence-corrected chi connectivity index (χ0v) is 15.0. The molecule has 1 N–H and O–H groups in total. The summed E-state index contributed by atoms with van der Waals surface area (Å²) in [5.74, 6) is -0.294. The zero-order valence-electron chi connectivity index (χ0n) is 13.4. The van der Waals surface area contributed by atoms with Crippen LogP contribution in [0.5, 0.6) is 5.75 Å². The number of hydrogen-bond acceptors (Lipinski definition) is 3. The molecule has 0 aliphatic heterocycles. The number of hydrogen-bond donors (Lipinski definition) is 1. The van der Waals surface area contributed by atoms with E-state index in [2.05, 4.69) is 31.1 Å². The van der Waals surface area contributed by atoms with Gasteiger partial charge in [-0.2, -0.15) is 13.9 Å². The van der Waals surface area contributed by atoms with E-state index in [1.807, 2.05) is 0 Å². The lowest BCUT2D eigenvalue weighted by Crippen LogP contribution is -2.23. The van der Waals surface area contributed by atoms with Crippen molar-refractivity contribution in [2.75, 3.05) is 0 Å². The number of carbonyl (C=O) groups excluding carboxylic acids is 1. The van der Waals surface area contributed by atoms with E-state index in [1.54, 1.807) is 59.5 Å². The molecule has 0 bridgehead atoms. The summed E-state index contributed by atoms with van der Waals surface area (Å²) in [6.07, 6.45) is 3.46. The molecule has 3 aromatic rings. The summed E-state index contributed by atoms with van der Waals surface area (Å²) < 4.78 is 31.8. The van der Waals surface area contributed by atoms with Crippen molar-refractivity contribution in [2.45, 2.75) is 13.2 Å². The van der Waals surface area contributed by atoms with Crippen molar-refractivity contribution in [1.29, 1.82) is 0 Å². The highest BCUT2D eigenvalue weighted by atomic mass is 79.9. The summed E-state index contributed by atoms with van der Waals surface area (Å²) >= 11 is 3.28. The van der Waals surface area contributed by atoms with E-state index < -0.39 is 6.61 Å². The Hall–Kier alpha value is -2.74. The van der Waals surface area contributed by atoms with Gasteiger partial charge in [0.05, 0.1) is 5.69 Å². The quantitative estimate of drug-likeness (QED) is 0.649. The van der Waals surface area contributed by atoms with Gasteiger partial charge in [-0.05, 0) is 48.5 Å². The minimum absolute atomic E-state index is 0.0255. The Kier molecular flexibility index (Phi) is 5.62. The first-order chi connectivity index (χ1) is 12.5. The van der Waals surface area contributed by atoms with Crippen molar-refractivity contribution in [3.63, 3.8) is 0 Å². The second kappa shape index (κ2) is 8.09. The second-order valence-electron chi connectivity index (χ2n) is 5.31. The van der Waals surface area contributed by atoms with Gasteiger partial charge in [0.25, 0.3) is 5.91 Å². The Morgan fingerprint density at radius 1 is 1.23 bits per heavy atom. The lowest BCUT2D eigenvalue weighted by Gasteiger charge is -2.12. The van der Waals surface area contributed by atoms with E-state index in [9.17, 15) is 13.6 Å². The molecule has 0 radical (unpaired) electrons. The molecule has 0 spiro atoms. The van der Waals surface area contributed by atoms with E-state index in [1.165, 1.54) is 6.07 Å². The molecule has 5 nitrogen and oxygen atoms in total. The van der Waals surface area contributed by atoms with Crippen molar-refractivity contribution in [2.24, 2.45) is 0 Å². The van der Waals surface area contributed by atoms with Crippen LogP contribution in [-0.4, -0.2) is 22.3 Å². The molecule has 0 saturated heterocycles. The average Bonchev–Trinajstić information content (AvgIpc) is 3.16. The van der Waals surface area contributed by atoms with Crippen molar-refractivity contribution >= 4 is 21.8 Å². The maximum Gasteiger partial charge on any atom is 0.387 e. The number of benzene rings is 2. The molecule has 3 rings (SSSR count). The Balaban J connectivity index is 1.68. The fourth-order valence-electron chi connectivity index (χ4n) is 2.36. The van der Waals surface area contributed by atoms with Crippen molar-refractivity contribution in [1.82, 2.24) is 15.1 Å². The Morgan fingerprint density at radius 3 is 2.65 bits per heavy atom. The first kappa shape index (κ1) is 18.1. The molecule has 1 amide bonds. The van der Waals surface area contributed by atoms with Crippen molar-refractivity contribution < 1.29 is 18.3 Å². The van der Waals surface area contributed by atoms with Crippen LogP contribution in [0.3, 0.4) is 0 Å². The second-order valence-corrected chi connectivity index (χ2v) is 6.23. The van der Waals surface area contributed by atoms with E-state index in [0.29, 0.717) is 15.6 Å². The van der Waals surface area contributed by atoms with Gasteiger partial charge in [0, 0.05) is 34.5 Å². The number of aromatic nitrogens is 2. The molecular formula is C18H14BrF2N3O2. The van der Waals surface area contributed by atoms with Crippen LogP contribution in [0.15, 0.2) is 65.4 Å². The third-order valence-electron chi connectivity index (χ3n) is 3.58. The summed E-state index contributed by atoms with van der Waals surface area (Å²) in [5.41, 5.74) is 1.72. The Bertz CT molecular complexity index is 884. The molecule has 0 saturated carbocycles. The van der Waals surface area contributed by atoms with Gasteiger partial charge in [-0.1, -0.05) is 15.9 Å². The van der Waals surface area contributed by atoms with Gasteiger partial charge >= 0.3 is 6.61 Å². The summed E-state index contributed by atoms with van der Waals surface area (Å²) in [4.78, 5) is 12.3. The van der Waals surface area contributed by atoms with Gasteiger partial charge in [0.1, 0.15) is 5.75 Å². The van der Waals surface area contributed by atoms with E-state index >= 15 is 0 Å². The minimum atomic E-state index is -2.93. The van der Waals surface area contributed by atoms with Crippen LogP contribution >= 0.6 is 15.9 Å².